The summed E-state index contributed by atoms with van der Waals surface area (Å²) in [7, 11) is 1.58. The molecule has 0 aliphatic carbocycles. The Bertz CT molecular complexity index is 656. The molecule has 0 saturated carbocycles. The first-order chi connectivity index (χ1) is 10.0. The third-order valence-electron chi connectivity index (χ3n) is 3.21. The van der Waals surface area contributed by atoms with Gasteiger partial charge in [0.2, 0.25) is 0 Å². The Hall–Kier alpha value is -2.69. The zero-order chi connectivity index (χ0) is 15.4. The summed E-state index contributed by atoms with van der Waals surface area (Å²) in [6.07, 6.45) is 0. The number of nitrogens with one attached hydrogen (secondary N) is 2. The highest BCUT2D eigenvalue weighted by Crippen LogP contribution is 2.30. The first kappa shape index (κ1) is 14.7. The number of phenols is 2. The highest BCUT2D eigenvalue weighted by atomic mass is 16.3. The zero-order valence-corrected chi connectivity index (χ0v) is 11.9. The van der Waals surface area contributed by atoms with E-state index in [0.29, 0.717) is 11.1 Å². The lowest BCUT2D eigenvalue weighted by molar-refractivity contribution is 0.0963. The number of benzene rings is 2. The Kier molecular flexibility index (Phi) is 4.33. The van der Waals surface area contributed by atoms with Crippen molar-refractivity contribution in [1.29, 1.82) is 0 Å². The summed E-state index contributed by atoms with van der Waals surface area (Å²) in [5.74, 6) is 0.0392. The molecule has 0 radical (unpaired) electrons. The van der Waals surface area contributed by atoms with E-state index in [2.05, 4.69) is 10.6 Å². The number of phenolic OH excluding ortho intramolecular Hbond substituents is 2. The van der Waals surface area contributed by atoms with Gasteiger partial charge in [0, 0.05) is 23.9 Å². The first-order valence-electron chi connectivity index (χ1n) is 6.62. The number of rotatable bonds is 4. The lowest BCUT2D eigenvalue weighted by atomic mass is 10.1. The minimum atomic E-state index is -0.225. The number of anilines is 1. The number of carbonyl (C=O) groups is 1. The van der Waals surface area contributed by atoms with E-state index in [4.69, 9.17) is 0 Å². The van der Waals surface area contributed by atoms with Gasteiger partial charge in [-0.05, 0) is 43.3 Å². The molecule has 0 aliphatic heterocycles. The van der Waals surface area contributed by atoms with Gasteiger partial charge in [-0.2, -0.15) is 0 Å². The highest BCUT2D eigenvalue weighted by molar-refractivity contribution is 5.94. The minimum absolute atomic E-state index is 0.0931. The largest absolute Gasteiger partial charge is 0.508 e. The predicted octanol–water partition coefficient (Wildman–Crippen LogP) is 2.63. The minimum Gasteiger partial charge on any atom is -0.508 e. The maximum atomic E-state index is 11.6. The van der Waals surface area contributed by atoms with E-state index in [1.165, 1.54) is 18.2 Å². The Morgan fingerprint density at radius 1 is 1.14 bits per heavy atom. The van der Waals surface area contributed by atoms with Crippen LogP contribution in [-0.2, 0) is 0 Å². The molecule has 0 fully saturated rings. The summed E-state index contributed by atoms with van der Waals surface area (Å²) in [4.78, 5) is 11.6. The molecule has 5 heteroatoms. The van der Waals surface area contributed by atoms with Crippen molar-refractivity contribution in [2.75, 3.05) is 12.4 Å². The summed E-state index contributed by atoms with van der Waals surface area (Å²) < 4.78 is 0. The average molecular weight is 286 g/mol. The van der Waals surface area contributed by atoms with Crippen LogP contribution in [0.4, 0.5) is 5.69 Å². The van der Waals surface area contributed by atoms with Crippen molar-refractivity contribution < 1.29 is 15.0 Å². The molecule has 0 heterocycles. The van der Waals surface area contributed by atoms with Crippen LogP contribution in [0.5, 0.6) is 11.5 Å². The Morgan fingerprint density at radius 2 is 1.90 bits per heavy atom. The van der Waals surface area contributed by atoms with Crippen LogP contribution in [0.1, 0.15) is 28.9 Å². The van der Waals surface area contributed by atoms with Crippen molar-refractivity contribution in [1.82, 2.24) is 5.32 Å². The number of carbonyl (C=O) groups excluding carboxylic acids is 1. The van der Waals surface area contributed by atoms with E-state index in [9.17, 15) is 15.0 Å². The van der Waals surface area contributed by atoms with Crippen molar-refractivity contribution in [3.8, 4) is 11.5 Å². The SMILES string of the molecule is CNC(=O)c1cccc(NC(C)c2cc(O)ccc2O)c1. The van der Waals surface area contributed by atoms with Gasteiger partial charge >= 0.3 is 0 Å². The molecule has 0 saturated heterocycles. The summed E-state index contributed by atoms with van der Waals surface area (Å²) in [5, 5.41) is 25.1. The normalized spacial score (nSPS) is 11.7. The van der Waals surface area contributed by atoms with Gasteiger partial charge in [-0.3, -0.25) is 4.79 Å². The molecule has 110 valence electrons. The van der Waals surface area contributed by atoms with Crippen molar-refractivity contribution in [2.45, 2.75) is 13.0 Å². The molecule has 21 heavy (non-hydrogen) atoms. The van der Waals surface area contributed by atoms with Crippen LogP contribution in [0.2, 0.25) is 0 Å². The van der Waals surface area contributed by atoms with Crippen LogP contribution in [-0.4, -0.2) is 23.2 Å². The van der Waals surface area contributed by atoms with Gasteiger partial charge in [0.1, 0.15) is 11.5 Å². The summed E-state index contributed by atoms with van der Waals surface area (Å²) in [6.45, 7) is 1.86. The molecule has 0 spiro atoms. The van der Waals surface area contributed by atoms with E-state index in [-0.39, 0.29) is 23.4 Å². The van der Waals surface area contributed by atoms with Crippen molar-refractivity contribution in [3.05, 3.63) is 53.6 Å². The quantitative estimate of drug-likeness (QED) is 0.651. The smallest absolute Gasteiger partial charge is 0.251 e. The van der Waals surface area contributed by atoms with Crippen LogP contribution in [0, 0.1) is 0 Å². The van der Waals surface area contributed by atoms with E-state index < -0.39 is 0 Å². The predicted molar refractivity (Wildman–Crippen MR) is 81.6 cm³/mol. The molecule has 4 N–H and O–H groups in total. The van der Waals surface area contributed by atoms with Gasteiger partial charge in [0.15, 0.2) is 0 Å². The van der Waals surface area contributed by atoms with E-state index >= 15 is 0 Å². The molecule has 2 aromatic carbocycles. The Labute approximate surface area is 123 Å². The molecule has 2 aromatic rings. The molecule has 1 atom stereocenters. The van der Waals surface area contributed by atoms with Gasteiger partial charge in [-0.15, -0.1) is 0 Å². The second-order valence-electron chi connectivity index (χ2n) is 4.77. The fourth-order valence-corrected chi connectivity index (χ4v) is 2.11. The Balaban J connectivity index is 2.21. The van der Waals surface area contributed by atoms with E-state index in [0.717, 1.165) is 5.69 Å². The van der Waals surface area contributed by atoms with Crippen molar-refractivity contribution in [3.63, 3.8) is 0 Å². The molecular formula is C16H18N2O3. The van der Waals surface area contributed by atoms with Crippen LogP contribution in [0.25, 0.3) is 0 Å². The Morgan fingerprint density at radius 3 is 2.62 bits per heavy atom. The van der Waals surface area contributed by atoms with Crippen molar-refractivity contribution >= 4 is 11.6 Å². The van der Waals surface area contributed by atoms with E-state index in [1.807, 2.05) is 13.0 Å². The van der Waals surface area contributed by atoms with Gasteiger partial charge in [-0.1, -0.05) is 6.07 Å². The van der Waals surface area contributed by atoms with E-state index in [1.54, 1.807) is 25.2 Å². The highest BCUT2D eigenvalue weighted by Gasteiger charge is 2.12. The molecule has 1 amide bonds. The molecular weight excluding hydrogens is 268 g/mol. The molecule has 0 aromatic heterocycles. The van der Waals surface area contributed by atoms with Crippen LogP contribution in [0.15, 0.2) is 42.5 Å². The topological polar surface area (TPSA) is 81.6 Å². The molecule has 5 nitrogen and oxygen atoms in total. The summed E-state index contributed by atoms with van der Waals surface area (Å²) >= 11 is 0. The first-order valence-corrected chi connectivity index (χ1v) is 6.62. The fraction of sp³-hybridized carbons (Fsp3) is 0.188. The average Bonchev–Trinajstić information content (AvgIpc) is 2.49. The second kappa shape index (κ2) is 6.17. The third-order valence-corrected chi connectivity index (χ3v) is 3.21. The molecule has 1 unspecified atom stereocenters. The lowest BCUT2D eigenvalue weighted by Crippen LogP contribution is -2.18. The number of aromatic hydroxyl groups is 2. The standard InChI is InChI=1S/C16H18N2O3/c1-10(14-9-13(19)6-7-15(14)20)18-12-5-3-4-11(8-12)16(21)17-2/h3-10,18-20H,1-2H3,(H,17,21). The second-order valence-corrected chi connectivity index (χ2v) is 4.77. The van der Waals surface area contributed by atoms with Gasteiger partial charge in [0.25, 0.3) is 5.91 Å². The van der Waals surface area contributed by atoms with Crippen LogP contribution >= 0.6 is 0 Å². The number of hydrogen-bond acceptors (Lipinski definition) is 4. The van der Waals surface area contributed by atoms with Gasteiger partial charge in [-0.25, -0.2) is 0 Å². The van der Waals surface area contributed by atoms with Gasteiger partial charge < -0.3 is 20.8 Å². The number of amides is 1. The fourth-order valence-electron chi connectivity index (χ4n) is 2.11. The van der Waals surface area contributed by atoms with Crippen LogP contribution in [0.3, 0.4) is 0 Å². The molecule has 0 bridgehead atoms. The monoisotopic (exact) mass is 286 g/mol. The summed E-state index contributed by atoms with van der Waals surface area (Å²) in [6, 6.07) is 11.2. The number of hydrogen-bond donors (Lipinski definition) is 4. The van der Waals surface area contributed by atoms with Crippen LogP contribution < -0.4 is 10.6 Å². The van der Waals surface area contributed by atoms with Gasteiger partial charge in [0.05, 0.1) is 6.04 Å². The lowest BCUT2D eigenvalue weighted by Gasteiger charge is -2.17. The van der Waals surface area contributed by atoms with Crippen molar-refractivity contribution in [2.24, 2.45) is 0 Å². The molecule has 0 aliphatic rings. The zero-order valence-electron chi connectivity index (χ0n) is 11.9. The maximum absolute atomic E-state index is 11.6. The molecule has 2 rings (SSSR count). The summed E-state index contributed by atoms with van der Waals surface area (Å²) in [5.41, 5.74) is 1.89. The third kappa shape index (κ3) is 3.45. The maximum Gasteiger partial charge on any atom is 0.251 e.